The first-order valence-electron chi connectivity index (χ1n) is 6.95. The summed E-state index contributed by atoms with van der Waals surface area (Å²) in [5.41, 5.74) is 9.82. The molecule has 4 nitrogen and oxygen atoms in total. The summed E-state index contributed by atoms with van der Waals surface area (Å²) >= 11 is 0. The highest BCUT2D eigenvalue weighted by molar-refractivity contribution is 5.55. The first-order valence-corrected chi connectivity index (χ1v) is 6.95. The Kier molecular flexibility index (Phi) is 3.69. The summed E-state index contributed by atoms with van der Waals surface area (Å²) in [4.78, 5) is 4.45. The van der Waals surface area contributed by atoms with Crippen LogP contribution < -0.4 is 5.73 Å². The van der Waals surface area contributed by atoms with Crippen molar-refractivity contribution in [1.82, 2.24) is 10.1 Å². The summed E-state index contributed by atoms with van der Waals surface area (Å²) in [5.74, 6) is 1.30. The van der Waals surface area contributed by atoms with Gasteiger partial charge in [0.05, 0.1) is 0 Å². The van der Waals surface area contributed by atoms with Crippen molar-refractivity contribution in [2.45, 2.75) is 19.8 Å². The van der Waals surface area contributed by atoms with Crippen molar-refractivity contribution in [3.8, 4) is 11.4 Å². The maximum Gasteiger partial charge on any atom is 0.227 e. The second-order valence-corrected chi connectivity index (χ2v) is 5.12. The third kappa shape index (κ3) is 3.28. The van der Waals surface area contributed by atoms with Gasteiger partial charge >= 0.3 is 0 Å². The van der Waals surface area contributed by atoms with Crippen molar-refractivity contribution < 1.29 is 4.52 Å². The van der Waals surface area contributed by atoms with Gasteiger partial charge in [0.1, 0.15) is 0 Å². The molecule has 0 aliphatic heterocycles. The van der Waals surface area contributed by atoms with Crippen LogP contribution in [0.1, 0.15) is 17.0 Å². The average Bonchev–Trinajstić information content (AvgIpc) is 2.96. The molecule has 1 heterocycles. The minimum absolute atomic E-state index is 0.644. The van der Waals surface area contributed by atoms with E-state index in [0.29, 0.717) is 11.7 Å². The number of aryl methyl sites for hydroxylation is 3. The van der Waals surface area contributed by atoms with Gasteiger partial charge in [-0.25, -0.2) is 0 Å². The molecule has 1 aromatic heterocycles. The number of aromatic nitrogens is 2. The van der Waals surface area contributed by atoms with E-state index in [9.17, 15) is 0 Å². The maximum atomic E-state index is 5.67. The Hall–Kier alpha value is -2.62. The van der Waals surface area contributed by atoms with Crippen LogP contribution in [0.15, 0.2) is 53.1 Å². The highest BCUT2D eigenvalue weighted by atomic mass is 16.5. The van der Waals surface area contributed by atoms with E-state index >= 15 is 0 Å². The minimum atomic E-state index is 0.644. The van der Waals surface area contributed by atoms with Crippen LogP contribution in [-0.4, -0.2) is 10.1 Å². The lowest BCUT2D eigenvalue weighted by molar-refractivity contribution is 0.379. The zero-order valence-corrected chi connectivity index (χ0v) is 11.9. The van der Waals surface area contributed by atoms with Crippen molar-refractivity contribution >= 4 is 5.69 Å². The number of benzene rings is 2. The van der Waals surface area contributed by atoms with Crippen molar-refractivity contribution in [3.05, 3.63) is 65.5 Å². The van der Waals surface area contributed by atoms with Crippen LogP contribution in [0.25, 0.3) is 11.4 Å². The molecular weight excluding hydrogens is 262 g/mol. The number of rotatable bonds is 4. The number of hydrogen-bond donors (Lipinski definition) is 1. The molecule has 106 valence electrons. The van der Waals surface area contributed by atoms with Crippen molar-refractivity contribution in [1.29, 1.82) is 0 Å². The van der Waals surface area contributed by atoms with Gasteiger partial charge in [-0.15, -0.1) is 0 Å². The molecular formula is C17H17N3O. The predicted octanol–water partition coefficient (Wildman–Crippen LogP) is 3.41. The molecule has 3 rings (SSSR count). The minimum Gasteiger partial charge on any atom is -0.399 e. The molecule has 4 heteroatoms. The topological polar surface area (TPSA) is 64.9 Å². The lowest BCUT2D eigenvalue weighted by Crippen LogP contribution is -1.92. The molecule has 3 aromatic rings. The lowest BCUT2D eigenvalue weighted by atomic mass is 10.1. The normalized spacial score (nSPS) is 10.7. The van der Waals surface area contributed by atoms with Crippen molar-refractivity contribution in [2.75, 3.05) is 5.73 Å². The van der Waals surface area contributed by atoms with Crippen LogP contribution in [0.3, 0.4) is 0 Å². The molecule has 0 bridgehead atoms. The van der Waals surface area contributed by atoms with Crippen LogP contribution in [0.4, 0.5) is 5.69 Å². The SMILES string of the molecule is Cc1cccc(-c2noc(CCc3ccc(N)cc3)n2)c1. The Labute approximate surface area is 123 Å². The van der Waals surface area contributed by atoms with E-state index in [2.05, 4.69) is 16.2 Å². The van der Waals surface area contributed by atoms with Gasteiger partial charge in [0.25, 0.3) is 0 Å². The van der Waals surface area contributed by atoms with E-state index in [1.165, 1.54) is 11.1 Å². The van der Waals surface area contributed by atoms with Gasteiger partial charge in [-0.05, 0) is 37.1 Å². The first kappa shape index (κ1) is 13.4. The molecule has 21 heavy (non-hydrogen) atoms. The van der Waals surface area contributed by atoms with Crippen LogP contribution in [-0.2, 0) is 12.8 Å². The fourth-order valence-corrected chi connectivity index (χ4v) is 2.19. The molecule has 0 spiro atoms. The second kappa shape index (κ2) is 5.79. The standard InChI is InChI=1S/C17H17N3O/c1-12-3-2-4-14(11-12)17-19-16(21-20-17)10-7-13-5-8-15(18)9-6-13/h2-6,8-9,11H,7,10,18H2,1H3. The molecule has 0 fully saturated rings. The van der Waals surface area contributed by atoms with Crippen molar-refractivity contribution in [2.24, 2.45) is 0 Å². The van der Waals surface area contributed by atoms with Gasteiger partial charge in [-0.1, -0.05) is 41.1 Å². The highest BCUT2D eigenvalue weighted by Crippen LogP contribution is 2.17. The van der Waals surface area contributed by atoms with E-state index in [1.807, 2.05) is 49.4 Å². The molecule has 0 aliphatic rings. The van der Waals surface area contributed by atoms with Gasteiger partial charge < -0.3 is 10.3 Å². The van der Waals surface area contributed by atoms with Gasteiger partial charge in [-0.3, -0.25) is 0 Å². The quantitative estimate of drug-likeness (QED) is 0.743. The number of hydrogen-bond acceptors (Lipinski definition) is 4. The number of anilines is 1. The lowest BCUT2D eigenvalue weighted by Gasteiger charge is -1.98. The molecule has 0 aliphatic carbocycles. The maximum absolute atomic E-state index is 5.67. The molecule has 0 radical (unpaired) electrons. The first-order chi connectivity index (χ1) is 10.2. The van der Waals surface area contributed by atoms with Crippen LogP contribution in [0.2, 0.25) is 0 Å². The Morgan fingerprint density at radius 1 is 1.05 bits per heavy atom. The fourth-order valence-electron chi connectivity index (χ4n) is 2.19. The van der Waals surface area contributed by atoms with Crippen LogP contribution in [0.5, 0.6) is 0 Å². The van der Waals surface area contributed by atoms with Crippen LogP contribution >= 0.6 is 0 Å². The second-order valence-electron chi connectivity index (χ2n) is 5.12. The summed E-state index contributed by atoms with van der Waals surface area (Å²) < 4.78 is 5.32. The molecule has 2 aromatic carbocycles. The fraction of sp³-hybridized carbons (Fsp3) is 0.176. The molecule has 2 N–H and O–H groups in total. The third-order valence-electron chi connectivity index (χ3n) is 3.35. The van der Waals surface area contributed by atoms with E-state index in [4.69, 9.17) is 10.3 Å². The molecule has 0 unspecified atom stereocenters. The van der Waals surface area contributed by atoms with Crippen LogP contribution in [0, 0.1) is 6.92 Å². The summed E-state index contributed by atoms with van der Waals surface area (Å²) in [6.45, 7) is 2.05. The molecule has 0 saturated heterocycles. The van der Waals surface area contributed by atoms with Crippen molar-refractivity contribution in [3.63, 3.8) is 0 Å². The van der Waals surface area contributed by atoms with E-state index < -0.39 is 0 Å². The zero-order chi connectivity index (χ0) is 14.7. The third-order valence-corrected chi connectivity index (χ3v) is 3.35. The van der Waals surface area contributed by atoms with Gasteiger partial charge in [0.2, 0.25) is 11.7 Å². The van der Waals surface area contributed by atoms with Gasteiger partial charge in [0.15, 0.2) is 0 Å². The summed E-state index contributed by atoms with van der Waals surface area (Å²) in [7, 11) is 0. The van der Waals surface area contributed by atoms with E-state index in [1.54, 1.807) is 0 Å². The Balaban J connectivity index is 1.69. The number of nitrogens with zero attached hydrogens (tertiary/aromatic N) is 2. The number of nitrogens with two attached hydrogens (primary N) is 1. The van der Waals surface area contributed by atoms with E-state index in [0.717, 1.165) is 24.1 Å². The molecule has 0 atom stereocenters. The van der Waals surface area contributed by atoms with Gasteiger partial charge in [0, 0.05) is 17.7 Å². The predicted molar refractivity (Wildman–Crippen MR) is 82.7 cm³/mol. The summed E-state index contributed by atoms with van der Waals surface area (Å²) in [6, 6.07) is 15.9. The Morgan fingerprint density at radius 2 is 1.86 bits per heavy atom. The summed E-state index contributed by atoms with van der Waals surface area (Å²) in [6.07, 6.45) is 1.58. The Bertz CT molecular complexity index is 732. The Morgan fingerprint density at radius 3 is 2.62 bits per heavy atom. The smallest absolute Gasteiger partial charge is 0.227 e. The monoisotopic (exact) mass is 279 g/mol. The van der Waals surface area contributed by atoms with Gasteiger partial charge in [-0.2, -0.15) is 4.98 Å². The largest absolute Gasteiger partial charge is 0.399 e. The summed E-state index contributed by atoms with van der Waals surface area (Å²) in [5, 5.41) is 4.05. The highest BCUT2D eigenvalue weighted by Gasteiger charge is 2.08. The molecule has 0 amide bonds. The van der Waals surface area contributed by atoms with E-state index in [-0.39, 0.29) is 0 Å². The number of nitrogen functional groups attached to an aromatic ring is 1. The molecule has 0 saturated carbocycles. The average molecular weight is 279 g/mol. The zero-order valence-electron chi connectivity index (χ0n) is 11.9.